The van der Waals surface area contributed by atoms with Gasteiger partial charge in [0.15, 0.2) is 5.69 Å². The van der Waals surface area contributed by atoms with Crippen LogP contribution in [-0.2, 0) is 38.1 Å². The van der Waals surface area contributed by atoms with Crippen molar-refractivity contribution in [2.24, 2.45) is 0 Å². The summed E-state index contributed by atoms with van der Waals surface area (Å²) in [6.45, 7) is 3.20. The van der Waals surface area contributed by atoms with Crippen molar-refractivity contribution in [1.82, 2.24) is 24.1 Å². The van der Waals surface area contributed by atoms with Crippen LogP contribution in [0.25, 0.3) is 16.9 Å². The molecule has 0 aliphatic heterocycles. The summed E-state index contributed by atoms with van der Waals surface area (Å²) in [4.78, 5) is 32.8. The molecule has 0 saturated heterocycles. The molecule has 1 aromatic carbocycles. The quantitative estimate of drug-likeness (QED) is 0.181. The molecule has 3 aromatic heterocycles. The smallest absolute Gasteiger partial charge is 0.435 e. The van der Waals surface area contributed by atoms with Crippen LogP contribution in [-0.4, -0.2) is 74.2 Å². The van der Waals surface area contributed by atoms with E-state index in [1.54, 1.807) is 13.0 Å². The van der Waals surface area contributed by atoms with Gasteiger partial charge in [0.2, 0.25) is 5.65 Å². The van der Waals surface area contributed by atoms with E-state index in [1.807, 2.05) is 6.92 Å². The third kappa shape index (κ3) is 7.03. The first kappa shape index (κ1) is 30.5. The van der Waals surface area contributed by atoms with Gasteiger partial charge in [-0.2, -0.15) is 18.3 Å². The molecule has 0 unspecified atom stereocenters. The van der Waals surface area contributed by atoms with Gasteiger partial charge in [-0.25, -0.2) is 14.8 Å². The van der Waals surface area contributed by atoms with Gasteiger partial charge in [-0.1, -0.05) is 6.92 Å². The number of carbonyl (C=O) groups is 2. The lowest BCUT2D eigenvalue weighted by molar-refractivity contribution is -0.145. The largest absolute Gasteiger partial charge is 0.465 e. The number of aromatic nitrogens is 5. The first-order valence-corrected chi connectivity index (χ1v) is 12.9. The number of ether oxygens (including phenoxy) is 4. The van der Waals surface area contributed by atoms with Crippen LogP contribution in [0.1, 0.15) is 35.5 Å². The monoisotopic (exact) mass is 591 g/mol. The predicted octanol–water partition coefficient (Wildman–Crippen LogP) is 3.70. The van der Waals surface area contributed by atoms with Crippen LogP contribution in [0.5, 0.6) is 11.6 Å². The Kier molecular flexibility index (Phi) is 9.75. The lowest BCUT2D eigenvalue weighted by Crippen LogP contribution is -2.15. The van der Waals surface area contributed by atoms with E-state index in [0.29, 0.717) is 23.3 Å². The van der Waals surface area contributed by atoms with Crippen molar-refractivity contribution < 1.29 is 46.8 Å². The van der Waals surface area contributed by atoms with Crippen molar-refractivity contribution in [3.63, 3.8) is 0 Å². The van der Waals surface area contributed by atoms with E-state index in [2.05, 4.69) is 15.1 Å². The van der Waals surface area contributed by atoms with Gasteiger partial charge in [0.05, 0.1) is 49.4 Å². The highest BCUT2D eigenvalue weighted by molar-refractivity contribution is 5.91. The normalized spacial score (nSPS) is 11.6. The van der Waals surface area contributed by atoms with Crippen LogP contribution in [0.15, 0.2) is 43.0 Å². The molecular formula is C27H28F3N5O7. The summed E-state index contributed by atoms with van der Waals surface area (Å²) in [7, 11) is 0. The molecule has 0 saturated carbocycles. The molecule has 15 heteroatoms. The molecular weight excluding hydrogens is 563 g/mol. The first-order chi connectivity index (χ1) is 20.2. The summed E-state index contributed by atoms with van der Waals surface area (Å²) in [5.41, 5.74) is -0.343. The van der Waals surface area contributed by atoms with E-state index in [1.165, 1.54) is 35.1 Å². The second kappa shape index (κ2) is 13.4. The van der Waals surface area contributed by atoms with Crippen LogP contribution in [0.4, 0.5) is 13.2 Å². The van der Waals surface area contributed by atoms with Gasteiger partial charge in [0.1, 0.15) is 18.9 Å². The topological polar surface area (TPSA) is 139 Å². The zero-order valence-corrected chi connectivity index (χ0v) is 22.8. The highest BCUT2D eigenvalue weighted by Crippen LogP contribution is 2.37. The van der Waals surface area contributed by atoms with E-state index >= 15 is 0 Å². The number of aliphatic hydroxyl groups excluding tert-OH is 1. The van der Waals surface area contributed by atoms with Gasteiger partial charge >= 0.3 is 18.1 Å². The van der Waals surface area contributed by atoms with Crippen molar-refractivity contribution in [3.8, 4) is 22.9 Å². The molecule has 224 valence electrons. The van der Waals surface area contributed by atoms with Crippen LogP contribution in [0.3, 0.4) is 0 Å². The number of hydrogen-bond donors (Lipinski definition) is 1. The van der Waals surface area contributed by atoms with Gasteiger partial charge < -0.3 is 24.1 Å². The minimum absolute atomic E-state index is 0.00892. The van der Waals surface area contributed by atoms with E-state index in [9.17, 15) is 22.8 Å². The molecule has 0 atom stereocenters. The number of halogens is 3. The molecule has 0 amide bonds. The molecule has 12 nitrogen and oxygen atoms in total. The molecule has 3 heterocycles. The summed E-state index contributed by atoms with van der Waals surface area (Å²) in [6.07, 6.45) is 0.769. The number of alkyl halides is 3. The highest BCUT2D eigenvalue weighted by Gasteiger charge is 2.38. The summed E-state index contributed by atoms with van der Waals surface area (Å²) in [5, 5.41) is 12.3. The van der Waals surface area contributed by atoms with Gasteiger partial charge in [-0.05, 0) is 37.1 Å². The molecule has 0 fully saturated rings. The van der Waals surface area contributed by atoms with Crippen LogP contribution in [0.2, 0.25) is 0 Å². The standard InChI is InChI=1S/C27H28F3N5O7/c1-3-17-13-18(5-6-19(17)26(38)41-12-11-39-10-9-36)42-25-24-32-14-21(35(24)8-7-31-25)20-15-34(16-22(37)40-4-2)33-23(20)27(28,29)30/h5-8,13-15,36H,3-4,9-12,16H2,1-2H3. The average molecular weight is 592 g/mol. The lowest BCUT2D eigenvalue weighted by atomic mass is 10.1. The van der Waals surface area contributed by atoms with Crippen molar-refractivity contribution >= 4 is 17.6 Å². The van der Waals surface area contributed by atoms with Crippen LogP contribution >= 0.6 is 0 Å². The molecule has 0 bridgehead atoms. The third-order valence-corrected chi connectivity index (χ3v) is 5.89. The summed E-state index contributed by atoms with van der Waals surface area (Å²) < 4.78 is 64.9. The van der Waals surface area contributed by atoms with Crippen molar-refractivity contribution in [3.05, 3.63) is 59.8 Å². The van der Waals surface area contributed by atoms with Crippen LogP contribution < -0.4 is 4.74 Å². The van der Waals surface area contributed by atoms with Gasteiger partial charge in [-0.15, -0.1) is 0 Å². The molecule has 0 radical (unpaired) electrons. The van der Waals surface area contributed by atoms with Crippen LogP contribution in [0, 0.1) is 0 Å². The Hall–Kier alpha value is -4.50. The van der Waals surface area contributed by atoms with E-state index in [4.69, 9.17) is 24.1 Å². The number of imidazole rings is 1. The third-order valence-electron chi connectivity index (χ3n) is 5.89. The van der Waals surface area contributed by atoms with E-state index in [0.717, 1.165) is 10.9 Å². The first-order valence-electron chi connectivity index (χ1n) is 12.9. The molecule has 42 heavy (non-hydrogen) atoms. The minimum atomic E-state index is -4.81. The molecule has 0 aliphatic carbocycles. The lowest BCUT2D eigenvalue weighted by Gasteiger charge is -2.12. The fourth-order valence-electron chi connectivity index (χ4n) is 4.08. The van der Waals surface area contributed by atoms with Crippen molar-refractivity contribution in [1.29, 1.82) is 0 Å². The molecule has 0 aliphatic rings. The number of aryl methyl sites for hydroxylation is 1. The maximum atomic E-state index is 13.9. The minimum Gasteiger partial charge on any atom is -0.465 e. The maximum Gasteiger partial charge on any atom is 0.435 e. The Balaban J connectivity index is 1.60. The predicted molar refractivity (Wildman–Crippen MR) is 140 cm³/mol. The van der Waals surface area contributed by atoms with E-state index in [-0.39, 0.29) is 55.8 Å². The highest BCUT2D eigenvalue weighted by atomic mass is 19.4. The Morgan fingerprint density at radius 2 is 1.88 bits per heavy atom. The average Bonchev–Trinajstić information content (AvgIpc) is 3.57. The number of carbonyl (C=O) groups excluding carboxylic acids is 2. The number of aliphatic hydroxyl groups is 1. The number of hydrogen-bond acceptors (Lipinski definition) is 10. The zero-order chi connectivity index (χ0) is 30.3. The van der Waals surface area contributed by atoms with E-state index < -0.39 is 30.4 Å². The number of esters is 2. The van der Waals surface area contributed by atoms with Gasteiger partial charge in [-0.3, -0.25) is 13.9 Å². The molecule has 1 N–H and O–H groups in total. The molecule has 0 spiro atoms. The SMILES string of the molecule is CCOC(=O)Cn1cc(-c2cnc3c(Oc4ccc(C(=O)OCCOCCO)c(CC)c4)nccn23)c(C(F)(F)F)n1. The Bertz CT molecular complexity index is 1550. The number of rotatable bonds is 13. The number of benzene rings is 1. The van der Waals surface area contributed by atoms with Gasteiger partial charge in [0, 0.05) is 18.6 Å². The second-order valence-corrected chi connectivity index (χ2v) is 8.71. The van der Waals surface area contributed by atoms with Crippen molar-refractivity contribution in [2.45, 2.75) is 33.0 Å². The maximum absolute atomic E-state index is 13.9. The second-order valence-electron chi connectivity index (χ2n) is 8.71. The zero-order valence-electron chi connectivity index (χ0n) is 22.8. The summed E-state index contributed by atoms with van der Waals surface area (Å²) >= 11 is 0. The number of fused-ring (bicyclic) bond motifs is 1. The Morgan fingerprint density at radius 1 is 1.07 bits per heavy atom. The summed E-state index contributed by atoms with van der Waals surface area (Å²) in [6, 6.07) is 4.71. The Morgan fingerprint density at radius 3 is 2.60 bits per heavy atom. The Labute approximate surface area is 237 Å². The summed E-state index contributed by atoms with van der Waals surface area (Å²) in [5.74, 6) is -0.947. The van der Waals surface area contributed by atoms with Crippen molar-refractivity contribution in [2.75, 3.05) is 33.0 Å². The van der Waals surface area contributed by atoms with Gasteiger partial charge in [0.25, 0.3) is 5.88 Å². The number of nitrogens with zero attached hydrogens (tertiary/aromatic N) is 5. The fraction of sp³-hybridized carbons (Fsp3) is 0.370. The molecule has 4 aromatic rings. The fourth-order valence-corrected chi connectivity index (χ4v) is 4.08. The molecule has 4 rings (SSSR count).